The number of aliphatic hydroxyl groups is 1. The number of aromatic nitrogens is 2. The third kappa shape index (κ3) is 4.35. The zero-order valence-electron chi connectivity index (χ0n) is 24.0. The molecular weight excluding hydrogens is 538 g/mol. The van der Waals surface area contributed by atoms with E-state index in [9.17, 15) is 9.90 Å². The van der Waals surface area contributed by atoms with Gasteiger partial charge in [-0.1, -0.05) is 11.2 Å². The summed E-state index contributed by atoms with van der Waals surface area (Å²) < 4.78 is 21.9. The molecule has 11 nitrogen and oxygen atoms in total. The number of methoxy groups -OCH3 is 1. The van der Waals surface area contributed by atoms with Gasteiger partial charge in [0.1, 0.15) is 17.1 Å². The molecule has 1 spiro atoms. The molecule has 0 aliphatic carbocycles. The molecule has 2 amide bonds. The Labute approximate surface area is 243 Å². The summed E-state index contributed by atoms with van der Waals surface area (Å²) in [4.78, 5) is 21.2. The number of aryl methyl sites for hydroxylation is 2. The molecule has 1 saturated heterocycles. The first-order valence-corrected chi connectivity index (χ1v) is 14.3. The highest BCUT2D eigenvalue weighted by Crippen LogP contribution is 2.49. The Morgan fingerprint density at radius 2 is 1.98 bits per heavy atom. The van der Waals surface area contributed by atoms with Crippen molar-refractivity contribution in [2.24, 2.45) is 0 Å². The van der Waals surface area contributed by atoms with E-state index in [0.29, 0.717) is 36.8 Å². The minimum atomic E-state index is -0.218. The summed E-state index contributed by atoms with van der Waals surface area (Å²) in [7, 11) is 1.67. The van der Waals surface area contributed by atoms with Crippen molar-refractivity contribution >= 4 is 22.6 Å². The molecule has 4 aromatic rings. The summed E-state index contributed by atoms with van der Waals surface area (Å²) in [6, 6.07) is 11.8. The molecule has 7 rings (SSSR count). The molecule has 3 aliphatic heterocycles. The third-order valence-corrected chi connectivity index (χ3v) is 9.11. The SMILES string of the molecule is COc1ccc2c3c([nH]c2c1)[C@@H](CO)N(Cc1ccc2c(c1)OCO2)CC31CCN(C(=O)Nc2c(C)noc2C)CC1. The quantitative estimate of drug-likeness (QED) is 0.316. The zero-order chi connectivity index (χ0) is 29.0. The monoisotopic (exact) mass is 573 g/mol. The van der Waals surface area contributed by atoms with Crippen molar-refractivity contribution in [2.75, 3.05) is 45.5 Å². The Kier molecular flexibility index (Phi) is 6.51. The summed E-state index contributed by atoms with van der Waals surface area (Å²) in [6.45, 7) is 6.40. The standard InChI is InChI=1S/C31H35N5O6/c1-18-28(19(2)42-34-18)33-30(38)35-10-8-31(9-11-35)16-36(14-20-4-7-25-26(12-20)41-17-40-25)24(15-37)29-27(31)22-6-5-21(39-3)13-23(22)32-29/h4-7,12-13,24,32,37H,8-11,14-17H2,1-3H3,(H,33,38)/t24-/m1/s1. The maximum absolute atomic E-state index is 13.3. The van der Waals surface area contributed by atoms with Crippen molar-refractivity contribution in [3.8, 4) is 17.2 Å². The first kappa shape index (κ1) is 26.7. The van der Waals surface area contributed by atoms with Gasteiger partial charge in [0, 0.05) is 54.3 Å². The second-order valence-corrected chi connectivity index (χ2v) is 11.5. The van der Waals surface area contributed by atoms with Gasteiger partial charge < -0.3 is 39.0 Å². The zero-order valence-corrected chi connectivity index (χ0v) is 24.0. The van der Waals surface area contributed by atoms with E-state index < -0.39 is 0 Å². The van der Waals surface area contributed by atoms with E-state index in [0.717, 1.165) is 58.8 Å². The van der Waals surface area contributed by atoms with Crippen LogP contribution >= 0.6 is 0 Å². The lowest BCUT2D eigenvalue weighted by molar-refractivity contribution is 0.0495. The minimum Gasteiger partial charge on any atom is -0.497 e. The van der Waals surface area contributed by atoms with Crippen LogP contribution in [-0.2, 0) is 12.0 Å². The number of H-pyrrole nitrogens is 1. The fraction of sp³-hybridized carbons (Fsp3) is 0.419. The van der Waals surface area contributed by atoms with E-state index in [1.165, 1.54) is 5.56 Å². The number of nitrogens with one attached hydrogen (secondary N) is 2. The number of likely N-dealkylation sites (tertiary alicyclic amines) is 1. The van der Waals surface area contributed by atoms with Crippen LogP contribution in [0.15, 0.2) is 40.9 Å². The van der Waals surface area contributed by atoms with Crippen LogP contribution in [0.3, 0.4) is 0 Å². The normalized spacial score (nSPS) is 19.3. The van der Waals surface area contributed by atoms with Crippen LogP contribution in [0.4, 0.5) is 10.5 Å². The van der Waals surface area contributed by atoms with Crippen molar-refractivity contribution < 1.29 is 28.6 Å². The summed E-state index contributed by atoms with van der Waals surface area (Å²) in [5.74, 6) is 2.87. The van der Waals surface area contributed by atoms with Crippen LogP contribution < -0.4 is 19.5 Å². The van der Waals surface area contributed by atoms with Gasteiger partial charge in [-0.25, -0.2) is 4.79 Å². The van der Waals surface area contributed by atoms with Crippen LogP contribution in [0, 0.1) is 13.8 Å². The van der Waals surface area contributed by atoms with E-state index in [1.54, 1.807) is 14.0 Å². The molecule has 0 radical (unpaired) electrons. The van der Waals surface area contributed by atoms with Gasteiger partial charge in [-0.15, -0.1) is 0 Å². The van der Waals surface area contributed by atoms with Crippen molar-refractivity contribution in [2.45, 2.75) is 44.7 Å². The largest absolute Gasteiger partial charge is 0.497 e. The van der Waals surface area contributed by atoms with Gasteiger partial charge in [-0.05, 0) is 62.1 Å². The molecule has 2 aromatic heterocycles. The second-order valence-electron chi connectivity index (χ2n) is 11.5. The third-order valence-electron chi connectivity index (χ3n) is 9.11. The number of ether oxygens (including phenoxy) is 3. The lowest BCUT2D eigenvalue weighted by Gasteiger charge is -2.50. The second kappa shape index (κ2) is 10.2. The van der Waals surface area contributed by atoms with Crippen molar-refractivity contribution in [1.29, 1.82) is 0 Å². The van der Waals surface area contributed by atoms with Gasteiger partial charge in [0.05, 0.1) is 19.8 Å². The molecule has 5 heterocycles. The highest BCUT2D eigenvalue weighted by Gasteiger charge is 2.48. The number of aromatic amines is 1. The van der Waals surface area contributed by atoms with E-state index in [-0.39, 0.29) is 30.9 Å². The predicted octanol–water partition coefficient (Wildman–Crippen LogP) is 4.62. The molecular formula is C31H35N5O6. The Bertz CT molecular complexity index is 1630. The highest BCUT2D eigenvalue weighted by molar-refractivity contribution is 5.91. The molecule has 1 atom stereocenters. The van der Waals surface area contributed by atoms with E-state index >= 15 is 0 Å². The molecule has 2 aromatic carbocycles. The number of aliphatic hydroxyl groups excluding tert-OH is 1. The van der Waals surface area contributed by atoms with Crippen molar-refractivity contribution in [3.05, 3.63) is 64.7 Å². The van der Waals surface area contributed by atoms with Gasteiger partial charge in [0.15, 0.2) is 17.3 Å². The van der Waals surface area contributed by atoms with Crippen LogP contribution in [0.2, 0.25) is 0 Å². The van der Waals surface area contributed by atoms with Gasteiger partial charge in [0.2, 0.25) is 6.79 Å². The number of amides is 2. The number of anilines is 1. The van der Waals surface area contributed by atoms with Gasteiger partial charge >= 0.3 is 6.03 Å². The molecule has 0 unspecified atom stereocenters. The molecule has 11 heteroatoms. The maximum atomic E-state index is 13.3. The van der Waals surface area contributed by atoms with Gasteiger partial charge in [-0.2, -0.15) is 0 Å². The van der Waals surface area contributed by atoms with Crippen molar-refractivity contribution in [1.82, 2.24) is 19.9 Å². The number of piperidine rings is 1. The average molecular weight is 574 g/mol. The Morgan fingerprint density at radius 3 is 2.71 bits per heavy atom. The first-order valence-electron chi connectivity index (χ1n) is 14.3. The summed E-state index contributed by atoms with van der Waals surface area (Å²) >= 11 is 0. The molecule has 0 saturated carbocycles. The Hall–Kier alpha value is -4.22. The fourth-order valence-electron chi connectivity index (χ4n) is 6.95. The van der Waals surface area contributed by atoms with E-state index in [2.05, 4.69) is 32.5 Å². The van der Waals surface area contributed by atoms with Crippen LogP contribution in [0.1, 0.15) is 47.2 Å². The number of hydrogen-bond donors (Lipinski definition) is 3. The Balaban J connectivity index is 1.22. The number of nitrogens with zero attached hydrogens (tertiary/aromatic N) is 3. The molecule has 1 fully saturated rings. The molecule has 220 valence electrons. The number of carbonyl (C=O) groups is 1. The number of carbonyl (C=O) groups excluding carboxylic acids is 1. The topological polar surface area (TPSA) is 125 Å². The number of hydrogen-bond acceptors (Lipinski definition) is 8. The van der Waals surface area contributed by atoms with Gasteiger partial charge in [0.25, 0.3) is 0 Å². The molecule has 3 aliphatic rings. The molecule has 0 bridgehead atoms. The maximum Gasteiger partial charge on any atom is 0.321 e. The van der Waals surface area contributed by atoms with Crippen LogP contribution in [-0.4, -0.2) is 71.2 Å². The molecule has 3 N–H and O–H groups in total. The molecule has 42 heavy (non-hydrogen) atoms. The number of benzene rings is 2. The summed E-state index contributed by atoms with van der Waals surface area (Å²) in [5.41, 5.74) is 5.42. The van der Waals surface area contributed by atoms with Crippen LogP contribution in [0.25, 0.3) is 10.9 Å². The van der Waals surface area contributed by atoms with E-state index in [4.69, 9.17) is 18.7 Å². The summed E-state index contributed by atoms with van der Waals surface area (Å²) in [6.07, 6.45) is 1.56. The van der Waals surface area contributed by atoms with Gasteiger partial charge in [-0.3, -0.25) is 4.90 Å². The fourth-order valence-corrected chi connectivity index (χ4v) is 6.95. The summed E-state index contributed by atoms with van der Waals surface area (Å²) in [5, 5.41) is 18.8. The number of fused-ring (bicyclic) bond motifs is 5. The number of rotatable bonds is 5. The van der Waals surface area contributed by atoms with E-state index in [1.807, 2.05) is 36.1 Å². The number of urea groups is 1. The van der Waals surface area contributed by atoms with Crippen molar-refractivity contribution in [3.63, 3.8) is 0 Å². The first-order chi connectivity index (χ1) is 20.4. The minimum absolute atomic E-state index is 0.0242. The van der Waals surface area contributed by atoms with Crippen LogP contribution in [0.5, 0.6) is 17.2 Å². The lowest BCUT2D eigenvalue weighted by Crippen LogP contribution is -2.54. The average Bonchev–Trinajstić information content (AvgIpc) is 3.71. The Morgan fingerprint density at radius 1 is 1.17 bits per heavy atom. The lowest BCUT2D eigenvalue weighted by atomic mass is 9.68. The predicted molar refractivity (Wildman–Crippen MR) is 155 cm³/mol. The highest BCUT2D eigenvalue weighted by atomic mass is 16.7. The smallest absolute Gasteiger partial charge is 0.321 e.